The lowest BCUT2D eigenvalue weighted by Gasteiger charge is -2.04. The maximum absolute atomic E-state index is 8.94. The van der Waals surface area contributed by atoms with Crippen molar-refractivity contribution in [2.75, 3.05) is 6.61 Å². The van der Waals surface area contributed by atoms with E-state index in [0.29, 0.717) is 6.42 Å². The van der Waals surface area contributed by atoms with Gasteiger partial charge in [0.1, 0.15) is 0 Å². The molecule has 1 N–H and O–H groups in total. The summed E-state index contributed by atoms with van der Waals surface area (Å²) in [6.07, 6.45) is 2.43. The molecule has 4 nitrogen and oxygen atoms in total. The number of hydrogen-bond acceptors (Lipinski definition) is 3. The molecule has 1 aromatic carbocycles. The number of rotatable bonds is 3. The summed E-state index contributed by atoms with van der Waals surface area (Å²) in [6, 6.07) is 12.1. The van der Waals surface area contributed by atoms with E-state index in [1.807, 2.05) is 30.5 Å². The number of aliphatic hydroxyl groups excluding tert-OH is 1. The van der Waals surface area contributed by atoms with Crippen molar-refractivity contribution >= 4 is 5.65 Å². The van der Waals surface area contributed by atoms with E-state index in [4.69, 9.17) is 5.11 Å². The standard InChI is InChI=1S/C15H15N3O/c1-11-4-2-3-5-13(11)14-6-7-15-16-12(8-9-19)10-18(15)17-14/h2-7,10,19H,8-9H2,1H3. The Kier molecular flexibility index (Phi) is 3.01. The second kappa shape index (κ2) is 4.82. The summed E-state index contributed by atoms with van der Waals surface area (Å²) in [5, 5.41) is 13.5. The number of fused-ring (bicyclic) bond motifs is 1. The van der Waals surface area contributed by atoms with Crippen LogP contribution in [0.2, 0.25) is 0 Å². The summed E-state index contributed by atoms with van der Waals surface area (Å²) in [7, 11) is 0. The van der Waals surface area contributed by atoms with Crippen LogP contribution in [-0.4, -0.2) is 26.3 Å². The van der Waals surface area contributed by atoms with Crippen molar-refractivity contribution in [3.8, 4) is 11.3 Å². The topological polar surface area (TPSA) is 50.4 Å². The first kappa shape index (κ1) is 11.9. The number of nitrogens with zero attached hydrogens (tertiary/aromatic N) is 3. The Morgan fingerprint density at radius 3 is 2.79 bits per heavy atom. The van der Waals surface area contributed by atoms with E-state index in [1.165, 1.54) is 5.56 Å². The molecule has 0 spiro atoms. The fourth-order valence-corrected chi connectivity index (χ4v) is 2.17. The third-order valence-electron chi connectivity index (χ3n) is 3.16. The average Bonchev–Trinajstić information content (AvgIpc) is 2.81. The lowest BCUT2D eigenvalue weighted by Crippen LogP contribution is -1.94. The molecule has 0 saturated heterocycles. The third-order valence-corrected chi connectivity index (χ3v) is 3.16. The fourth-order valence-electron chi connectivity index (χ4n) is 2.17. The fraction of sp³-hybridized carbons (Fsp3) is 0.200. The zero-order valence-electron chi connectivity index (χ0n) is 10.7. The second-order valence-corrected chi connectivity index (χ2v) is 4.54. The quantitative estimate of drug-likeness (QED) is 0.778. The van der Waals surface area contributed by atoms with Crippen molar-refractivity contribution in [3.05, 3.63) is 53.9 Å². The van der Waals surface area contributed by atoms with Gasteiger partial charge >= 0.3 is 0 Å². The monoisotopic (exact) mass is 253 g/mol. The summed E-state index contributed by atoms with van der Waals surface area (Å²) >= 11 is 0. The van der Waals surface area contributed by atoms with Crippen LogP contribution in [0.25, 0.3) is 16.9 Å². The van der Waals surface area contributed by atoms with E-state index in [9.17, 15) is 0 Å². The van der Waals surface area contributed by atoms with E-state index in [0.717, 1.165) is 22.6 Å². The van der Waals surface area contributed by atoms with Crippen molar-refractivity contribution in [1.29, 1.82) is 0 Å². The van der Waals surface area contributed by atoms with Gasteiger partial charge in [-0.25, -0.2) is 9.50 Å². The Morgan fingerprint density at radius 2 is 2.00 bits per heavy atom. The molecule has 4 heteroatoms. The highest BCUT2D eigenvalue weighted by atomic mass is 16.3. The van der Waals surface area contributed by atoms with Gasteiger partial charge in [0.2, 0.25) is 0 Å². The number of benzene rings is 1. The van der Waals surface area contributed by atoms with E-state index < -0.39 is 0 Å². The van der Waals surface area contributed by atoms with Gasteiger partial charge in [0.25, 0.3) is 0 Å². The van der Waals surface area contributed by atoms with Gasteiger partial charge in [-0.05, 0) is 24.6 Å². The molecule has 0 atom stereocenters. The van der Waals surface area contributed by atoms with Crippen molar-refractivity contribution in [3.63, 3.8) is 0 Å². The Bertz CT molecular complexity index is 718. The van der Waals surface area contributed by atoms with E-state index in [2.05, 4.69) is 29.1 Å². The van der Waals surface area contributed by atoms with Gasteiger partial charge in [-0.15, -0.1) is 0 Å². The number of aliphatic hydroxyl groups is 1. The Labute approximate surface area is 111 Å². The summed E-state index contributed by atoms with van der Waals surface area (Å²) in [6.45, 7) is 2.18. The van der Waals surface area contributed by atoms with Gasteiger partial charge in [0, 0.05) is 18.6 Å². The molecule has 2 aromatic heterocycles. The minimum absolute atomic E-state index is 0.106. The molecule has 0 amide bonds. The number of aromatic nitrogens is 3. The first-order valence-electron chi connectivity index (χ1n) is 6.30. The minimum Gasteiger partial charge on any atom is -0.396 e. The highest BCUT2D eigenvalue weighted by Gasteiger charge is 2.06. The zero-order chi connectivity index (χ0) is 13.2. The van der Waals surface area contributed by atoms with Crippen LogP contribution in [0.5, 0.6) is 0 Å². The van der Waals surface area contributed by atoms with Crippen LogP contribution in [0, 0.1) is 6.92 Å². The molecule has 0 unspecified atom stereocenters. The SMILES string of the molecule is Cc1ccccc1-c1ccc2nc(CCO)cn2n1. The number of imidazole rings is 1. The molecule has 0 saturated carbocycles. The molecule has 19 heavy (non-hydrogen) atoms. The Balaban J connectivity index is 2.08. The smallest absolute Gasteiger partial charge is 0.153 e. The summed E-state index contributed by atoms with van der Waals surface area (Å²) in [4.78, 5) is 4.40. The summed E-state index contributed by atoms with van der Waals surface area (Å²) in [5.41, 5.74) is 4.92. The zero-order valence-corrected chi connectivity index (χ0v) is 10.7. The van der Waals surface area contributed by atoms with Crippen LogP contribution in [0.15, 0.2) is 42.6 Å². The lowest BCUT2D eigenvalue weighted by molar-refractivity contribution is 0.298. The molecule has 2 heterocycles. The predicted molar refractivity (Wildman–Crippen MR) is 73.9 cm³/mol. The van der Waals surface area contributed by atoms with E-state index in [1.54, 1.807) is 4.52 Å². The average molecular weight is 253 g/mol. The highest BCUT2D eigenvalue weighted by molar-refractivity contribution is 5.64. The molecular formula is C15H15N3O. The molecule has 0 aliphatic rings. The van der Waals surface area contributed by atoms with Crippen LogP contribution in [-0.2, 0) is 6.42 Å². The van der Waals surface area contributed by atoms with E-state index in [-0.39, 0.29) is 6.61 Å². The van der Waals surface area contributed by atoms with Crippen LogP contribution < -0.4 is 0 Å². The first-order chi connectivity index (χ1) is 9.28. The van der Waals surface area contributed by atoms with Gasteiger partial charge < -0.3 is 5.11 Å². The Hall–Kier alpha value is -2.20. The van der Waals surface area contributed by atoms with Gasteiger partial charge in [-0.1, -0.05) is 24.3 Å². The van der Waals surface area contributed by atoms with Gasteiger partial charge in [0.05, 0.1) is 17.6 Å². The molecule has 0 aliphatic heterocycles. The maximum Gasteiger partial charge on any atom is 0.153 e. The Morgan fingerprint density at radius 1 is 1.16 bits per heavy atom. The third kappa shape index (κ3) is 2.22. The molecule has 3 rings (SSSR count). The maximum atomic E-state index is 8.94. The van der Waals surface area contributed by atoms with Crippen molar-refractivity contribution in [2.45, 2.75) is 13.3 Å². The molecule has 0 fully saturated rings. The lowest BCUT2D eigenvalue weighted by atomic mass is 10.1. The van der Waals surface area contributed by atoms with Crippen LogP contribution in [0.3, 0.4) is 0 Å². The van der Waals surface area contributed by atoms with Gasteiger partial charge in [-0.3, -0.25) is 0 Å². The molecular weight excluding hydrogens is 238 g/mol. The minimum atomic E-state index is 0.106. The van der Waals surface area contributed by atoms with Crippen LogP contribution in [0.1, 0.15) is 11.3 Å². The summed E-state index contributed by atoms with van der Waals surface area (Å²) in [5.74, 6) is 0. The van der Waals surface area contributed by atoms with Crippen molar-refractivity contribution in [2.24, 2.45) is 0 Å². The normalized spacial score (nSPS) is 11.1. The largest absolute Gasteiger partial charge is 0.396 e. The van der Waals surface area contributed by atoms with E-state index >= 15 is 0 Å². The predicted octanol–water partition coefficient (Wildman–Crippen LogP) is 2.24. The number of hydrogen-bond donors (Lipinski definition) is 1. The second-order valence-electron chi connectivity index (χ2n) is 4.54. The number of aryl methyl sites for hydroxylation is 1. The van der Waals surface area contributed by atoms with Gasteiger partial charge in [0.15, 0.2) is 5.65 Å². The van der Waals surface area contributed by atoms with Crippen LogP contribution >= 0.6 is 0 Å². The van der Waals surface area contributed by atoms with Gasteiger partial charge in [-0.2, -0.15) is 5.10 Å². The highest BCUT2D eigenvalue weighted by Crippen LogP contribution is 2.21. The van der Waals surface area contributed by atoms with Crippen molar-refractivity contribution in [1.82, 2.24) is 14.6 Å². The molecule has 3 aromatic rings. The molecule has 0 bridgehead atoms. The van der Waals surface area contributed by atoms with Crippen LogP contribution in [0.4, 0.5) is 0 Å². The molecule has 0 aliphatic carbocycles. The molecule has 96 valence electrons. The summed E-state index contributed by atoms with van der Waals surface area (Å²) < 4.78 is 1.77. The van der Waals surface area contributed by atoms with Crippen molar-refractivity contribution < 1.29 is 5.11 Å². The molecule has 0 radical (unpaired) electrons. The first-order valence-corrected chi connectivity index (χ1v) is 6.30.